The molecule has 1 aromatic rings. The monoisotopic (exact) mass is 291 g/mol. The zero-order valence-corrected chi connectivity index (χ0v) is 12.4. The third kappa shape index (κ3) is 5.27. The summed E-state index contributed by atoms with van der Waals surface area (Å²) in [6.45, 7) is 2.61. The molecule has 0 spiro atoms. The highest BCUT2D eigenvalue weighted by Crippen LogP contribution is 2.22. The van der Waals surface area contributed by atoms with Crippen LogP contribution in [0.3, 0.4) is 0 Å². The summed E-state index contributed by atoms with van der Waals surface area (Å²) in [6.07, 6.45) is 6.90. The largest absolute Gasteiger partial charge is 0.492 e. The molecular weight excluding hydrogens is 266 g/mol. The minimum Gasteiger partial charge on any atom is -0.492 e. The van der Waals surface area contributed by atoms with Gasteiger partial charge in [0.25, 0.3) is 0 Å². The van der Waals surface area contributed by atoms with Gasteiger partial charge in [-0.25, -0.2) is 0 Å². The second-order valence-electron chi connectivity index (χ2n) is 5.57. The summed E-state index contributed by atoms with van der Waals surface area (Å²) in [7, 11) is 0. The molecule has 0 atom stereocenters. The number of nitrogens with one attached hydrogen (secondary N) is 1. The predicted molar refractivity (Wildman–Crippen MR) is 83.9 cm³/mol. The summed E-state index contributed by atoms with van der Waals surface area (Å²) < 4.78 is 5.66. The van der Waals surface area contributed by atoms with E-state index in [9.17, 15) is 0 Å². The Bertz CT molecular complexity index is 439. The maximum absolute atomic E-state index is 8.59. The molecule has 4 N–H and O–H groups in total. The maximum atomic E-state index is 8.59. The van der Waals surface area contributed by atoms with E-state index in [-0.39, 0.29) is 5.84 Å². The molecule has 0 unspecified atom stereocenters. The molecule has 5 nitrogen and oxygen atoms in total. The van der Waals surface area contributed by atoms with Gasteiger partial charge in [-0.2, -0.15) is 0 Å². The third-order valence-electron chi connectivity index (χ3n) is 3.96. The van der Waals surface area contributed by atoms with Gasteiger partial charge >= 0.3 is 0 Å². The number of ether oxygens (including phenoxy) is 1. The summed E-state index contributed by atoms with van der Waals surface area (Å²) >= 11 is 0. The first kappa shape index (κ1) is 15.6. The van der Waals surface area contributed by atoms with Crippen LogP contribution in [-0.4, -0.2) is 30.7 Å². The molecule has 116 valence electrons. The molecule has 2 rings (SSSR count). The van der Waals surface area contributed by atoms with Crippen LogP contribution in [0.1, 0.15) is 37.7 Å². The molecule has 0 aliphatic heterocycles. The lowest BCUT2D eigenvalue weighted by atomic mass is 9.89. The molecule has 0 heterocycles. The van der Waals surface area contributed by atoms with E-state index in [1.54, 1.807) is 12.1 Å². The van der Waals surface area contributed by atoms with Crippen LogP contribution in [0.2, 0.25) is 0 Å². The van der Waals surface area contributed by atoms with Gasteiger partial charge in [0.2, 0.25) is 0 Å². The molecule has 0 radical (unpaired) electrons. The van der Waals surface area contributed by atoms with Gasteiger partial charge in [0, 0.05) is 12.1 Å². The van der Waals surface area contributed by atoms with Crippen molar-refractivity contribution in [2.75, 3.05) is 19.7 Å². The zero-order chi connectivity index (χ0) is 14.9. The van der Waals surface area contributed by atoms with E-state index in [1.807, 2.05) is 12.1 Å². The SMILES string of the molecule is NC(=NO)c1ccc(OCCNCC2CCCCC2)cc1. The van der Waals surface area contributed by atoms with Crippen molar-refractivity contribution in [3.63, 3.8) is 0 Å². The second-order valence-corrected chi connectivity index (χ2v) is 5.57. The predicted octanol–water partition coefficient (Wildman–Crippen LogP) is 2.33. The van der Waals surface area contributed by atoms with E-state index >= 15 is 0 Å². The Morgan fingerprint density at radius 1 is 1.24 bits per heavy atom. The maximum Gasteiger partial charge on any atom is 0.170 e. The molecule has 5 heteroatoms. The normalized spacial score (nSPS) is 16.9. The van der Waals surface area contributed by atoms with Crippen molar-refractivity contribution in [1.29, 1.82) is 0 Å². The van der Waals surface area contributed by atoms with Crippen LogP contribution in [0.15, 0.2) is 29.4 Å². The fourth-order valence-electron chi connectivity index (χ4n) is 2.72. The molecule has 0 saturated heterocycles. The lowest BCUT2D eigenvalue weighted by Crippen LogP contribution is -2.28. The Hall–Kier alpha value is -1.75. The first-order valence-electron chi connectivity index (χ1n) is 7.71. The Labute approximate surface area is 126 Å². The first-order valence-corrected chi connectivity index (χ1v) is 7.71. The van der Waals surface area contributed by atoms with Gasteiger partial charge in [0.1, 0.15) is 12.4 Å². The van der Waals surface area contributed by atoms with Crippen molar-refractivity contribution in [2.24, 2.45) is 16.8 Å². The number of benzene rings is 1. The fraction of sp³-hybridized carbons (Fsp3) is 0.562. The molecule has 1 saturated carbocycles. The number of hydrogen-bond acceptors (Lipinski definition) is 4. The summed E-state index contributed by atoms with van der Waals surface area (Å²) in [5.74, 6) is 1.75. The number of amidine groups is 1. The standard InChI is InChI=1S/C16H25N3O2/c17-16(19-20)14-6-8-15(9-7-14)21-11-10-18-12-13-4-2-1-3-5-13/h6-9,13,18,20H,1-5,10-12H2,(H2,17,19). The zero-order valence-electron chi connectivity index (χ0n) is 12.4. The third-order valence-corrected chi connectivity index (χ3v) is 3.96. The van der Waals surface area contributed by atoms with Gasteiger partial charge in [-0.3, -0.25) is 0 Å². The van der Waals surface area contributed by atoms with Crippen LogP contribution in [-0.2, 0) is 0 Å². The highest BCUT2D eigenvalue weighted by molar-refractivity contribution is 5.97. The van der Waals surface area contributed by atoms with Crippen LogP contribution in [0.4, 0.5) is 0 Å². The number of nitrogens with zero attached hydrogens (tertiary/aromatic N) is 1. The summed E-state index contributed by atoms with van der Waals surface area (Å²) in [5.41, 5.74) is 6.18. The molecule has 0 amide bonds. The van der Waals surface area contributed by atoms with Crippen LogP contribution >= 0.6 is 0 Å². The van der Waals surface area contributed by atoms with Gasteiger partial charge in [-0.1, -0.05) is 24.4 Å². The van der Waals surface area contributed by atoms with E-state index in [2.05, 4.69) is 10.5 Å². The van der Waals surface area contributed by atoms with Crippen molar-refractivity contribution in [3.05, 3.63) is 29.8 Å². The van der Waals surface area contributed by atoms with Gasteiger partial charge in [0.15, 0.2) is 5.84 Å². The first-order chi connectivity index (χ1) is 10.3. The number of oxime groups is 1. The van der Waals surface area contributed by atoms with Crippen molar-refractivity contribution >= 4 is 5.84 Å². The summed E-state index contributed by atoms with van der Waals surface area (Å²) in [6, 6.07) is 7.21. The topological polar surface area (TPSA) is 79.9 Å². The van der Waals surface area contributed by atoms with Crippen molar-refractivity contribution in [3.8, 4) is 5.75 Å². The van der Waals surface area contributed by atoms with E-state index in [1.165, 1.54) is 32.1 Å². The Morgan fingerprint density at radius 3 is 2.62 bits per heavy atom. The molecule has 1 aromatic carbocycles. The van der Waals surface area contributed by atoms with Crippen LogP contribution in [0.5, 0.6) is 5.75 Å². The molecule has 0 aromatic heterocycles. The quantitative estimate of drug-likeness (QED) is 0.237. The number of rotatable bonds is 7. The van der Waals surface area contributed by atoms with Gasteiger partial charge in [0.05, 0.1) is 0 Å². The molecule has 1 aliphatic rings. The lowest BCUT2D eigenvalue weighted by Gasteiger charge is -2.21. The minimum absolute atomic E-state index is 0.107. The van der Waals surface area contributed by atoms with E-state index < -0.39 is 0 Å². The van der Waals surface area contributed by atoms with Gasteiger partial charge < -0.3 is 21.0 Å². The molecule has 1 aliphatic carbocycles. The van der Waals surface area contributed by atoms with Crippen molar-refractivity contribution < 1.29 is 9.94 Å². The van der Waals surface area contributed by atoms with Crippen LogP contribution in [0.25, 0.3) is 0 Å². The number of nitrogens with two attached hydrogens (primary N) is 1. The van der Waals surface area contributed by atoms with E-state index in [0.29, 0.717) is 12.2 Å². The molecule has 21 heavy (non-hydrogen) atoms. The highest BCUT2D eigenvalue weighted by atomic mass is 16.5. The number of hydrogen-bond donors (Lipinski definition) is 3. The Kier molecular flexibility index (Phi) is 6.34. The fourth-order valence-corrected chi connectivity index (χ4v) is 2.72. The highest BCUT2D eigenvalue weighted by Gasteiger charge is 2.12. The second kappa shape index (κ2) is 8.52. The average Bonchev–Trinajstić information content (AvgIpc) is 2.55. The van der Waals surface area contributed by atoms with Gasteiger partial charge in [-0.05, 0) is 49.6 Å². The lowest BCUT2D eigenvalue weighted by molar-refractivity contribution is 0.294. The molecule has 1 fully saturated rings. The average molecular weight is 291 g/mol. The van der Waals surface area contributed by atoms with Gasteiger partial charge in [-0.15, -0.1) is 0 Å². The van der Waals surface area contributed by atoms with E-state index in [4.69, 9.17) is 15.7 Å². The van der Waals surface area contributed by atoms with E-state index in [0.717, 1.165) is 24.8 Å². The molecular formula is C16H25N3O2. The summed E-state index contributed by atoms with van der Waals surface area (Å²) in [4.78, 5) is 0. The van der Waals surface area contributed by atoms with Crippen molar-refractivity contribution in [1.82, 2.24) is 5.32 Å². The molecule has 0 bridgehead atoms. The van der Waals surface area contributed by atoms with Crippen LogP contribution in [0, 0.1) is 5.92 Å². The van der Waals surface area contributed by atoms with Crippen LogP contribution < -0.4 is 15.8 Å². The smallest absolute Gasteiger partial charge is 0.170 e. The van der Waals surface area contributed by atoms with Crippen molar-refractivity contribution in [2.45, 2.75) is 32.1 Å². The Balaban J connectivity index is 1.62. The summed E-state index contributed by atoms with van der Waals surface area (Å²) in [5, 5.41) is 15.0. The minimum atomic E-state index is 0.107. The Morgan fingerprint density at radius 2 is 1.95 bits per heavy atom.